The summed E-state index contributed by atoms with van der Waals surface area (Å²) in [5, 5.41) is 9.08. The Bertz CT molecular complexity index is 703. The molecular formula is C15H17NO3S. The molecule has 0 atom stereocenters. The van der Waals surface area contributed by atoms with Gasteiger partial charge in [-0.3, -0.25) is 4.72 Å². The second-order valence-corrected chi connectivity index (χ2v) is 6.47. The van der Waals surface area contributed by atoms with Gasteiger partial charge < -0.3 is 5.11 Å². The van der Waals surface area contributed by atoms with Crippen LogP contribution in [-0.4, -0.2) is 13.5 Å². The second-order valence-electron chi connectivity index (χ2n) is 4.79. The zero-order valence-electron chi connectivity index (χ0n) is 11.4. The van der Waals surface area contributed by atoms with Crippen LogP contribution < -0.4 is 4.72 Å². The molecule has 0 aliphatic heterocycles. The van der Waals surface area contributed by atoms with Crippen molar-refractivity contribution < 1.29 is 13.5 Å². The SMILES string of the molecule is Cc1cc(C)cc(NS(=O)(=O)c2cccc(CO)c2)c1. The van der Waals surface area contributed by atoms with Crippen LogP contribution in [0.2, 0.25) is 0 Å². The normalized spacial score (nSPS) is 11.3. The Hall–Kier alpha value is -1.85. The third kappa shape index (κ3) is 3.37. The van der Waals surface area contributed by atoms with Crippen LogP contribution in [0.1, 0.15) is 16.7 Å². The quantitative estimate of drug-likeness (QED) is 0.910. The summed E-state index contributed by atoms with van der Waals surface area (Å²) < 4.78 is 27.2. The first-order valence-corrected chi connectivity index (χ1v) is 7.70. The number of benzene rings is 2. The molecule has 2 rings (SSSR count). The van der Waals surface area contributed by atoms with Crippen molar-refractivity contribution in [2.75, 3.05) is 4.72 Å². The maximum absolute atomic E-state index is 12.3. The molecule has 0 amide bonds. The van der Waals surface area contributed by atoms with Gasteiger partial charge in [-0.05, 0) is 54.8 Å². The zero-order valence-corrected chi connectivity index (χ0v) is 12.2. The van der Waals surface area contributed by atoms with Crippen molar-refractivity contribution in [1.82, 2.24) is 0 Å². The van der Waals surface area contributed by atoms with E-state index < -0.39 is 10.0 Å². The van der Waals surface area contributed by atoms with Crippen molar-refractivity contribution in [2.45, 2.75) is 25.3 Å². The molecule has 0 aliphatic carbocycles. The van der Waals surface area contributed by atoms with E-state index in [0.29, 0.717) is 11.3 Å². The Morgan fingerprint density at radius 3 is 2.30 bits per heavy atom. The Morgan fingerprint density at radius 2 is 1.70 bits per heavy atom. The van der Waals surface area contributed by atoms with Crippen LogP contribution in [0.25, 0.3) is 0 Å². The van der Waals surface area contributed by atoms with E-state index in [1.165, 1.54) is 12.1 Å². The second kappa shape index (κ2) is 5.64. The highest BCUT2D eigenvalue weighted by Crippen LogP contribution is 2.19. The van der Waals surface area contributed by atoms with E-state index in [1.54, 1.807) is 24.3 Å². The Labute approximate surface area is 119 Å². The summed E-state index contributed by atoms with van der Waals surface area (Å²) in [7, 11) is -3.64. The Balaban J connectivity index is 2.35. The van der Waals surface area contributed by atoms with Crippen molar-refractivity contribution in [2.24, 2.45) is 0 Å². The summed E-state index contributed by atoms with van der Waals surface area (Å²) in [4.78, 5) is 0.142. The molecule has 0 spiro atoms. The van der Waals surface area contributed by atoms with Crippen molar-refractivity contribution in [3.8, 4) is 0 Å². The highest BCUT2D eigenvalue weighted by atomic mass is 32.2. The molecule has 0 saturated heterocycles. The largest absolute Gasteiger partial charge is 0.392 e. The van der Waals surface area contributed by atoms with Gasteiger partial charge in [-0.1, -0.05) is 18.2 Å². The third-order valence-electron chi connectivity index (χ3n) is 2.87. The molecule has 0 heterocycles. The van der Waals surface area contributed by atoms with Crippen LogP contribution in [0.3, 0.4) is 0 Å². The minimum absolute atomic E-state index is 0.142. The first-order valence-electron chi connectivity index (χ1n) is 6.21. The van der Waals surface area contributed by atoms with Gasteiger partial charge in [0.25, 0.3) is 10.0 Å². The summed E-state index contributed by atoms with van der Waals surface area (Å²) in [5.74, 6) is 0. The van der Waals surface area contributed by atoms with Gasteiger partial charge in [-0.2, -0.15) is 0 Å². The number of hydrogen-bond acceptors (Lipinski definition) is 3. The average molecular weight is 291 g/mol. The van der Waals surface area contributed by atoms with Gasteiger partial charge in [0.1, 0.15) is 0 Å². The molecule has 2 aromatic rings. The molecule has 0 unspecified atom stereocenters. The van der Waals surface area contributed by atoms with E-state index in [4.69, 9.17) is 5.11 Å². The number of aliphatic hydroxyl groups is 1. The molecule has 0 saturated carbocycles. The van der Waals surface area contributed by atoms with E-state index in [-0.39, 0.29) is 11.5 Å². The lowest BCUT2D eigenvalue weighted by Gasteiger charge is -2.10. The lowest BCUT2D eigenvalue weighted by Crippen LogP contribution is -2.13. The third-order valence-corrected chi connectivity index (χ3v) is 4.24. The summed E-state index contributed by atoms with van der Waals surface area (Å²) in [6.45, 7) is 3.64. The van der Waals surface area contributed by atoms with E-state index in [9.17, 15) is 8.42 Å². The predicted octanol–water partition coefficient (Wildman–Crippen LogP) is 2.60. The van der Waals surface area contributed by atoms with Crippen LogP contribution in [-0.2, 0) is 16.6 Å². The van der Waals surface area contributed by atoms with Crippen molar-refractivity contribution >= 4 is 15.7 Å². The first-order chi connectivity index (χ1) is 9.40. The molecule has 20 heavy (non-hydrogen) atoms. The Morgan fingerprint density at radius 1 is 1.05 bits per heavy atom. The van der Waals surface area contributed by atoms with E-state index in [2.05, 4.69) is 4.72 Å². The number of sulfonamides is 1. The smallest absolute Gasteiger partial charge is 0.261 e. The zero-order chi connectivity index (χ0) is 14.8. The fraction of sp³-hybridized carbons (Fsp3) is 0.200. The van der Waals surface area contributed by atoms with E-state index in [0.717, 1.165) is 11.1 Å². The summed E-state index contributed by atoms with van der Waals surface area (Å²) in [5.41, 5.74) is 3.09. The molecule has 0 bridgehead atoms. The maximum Gasteiger partial charge on any atom is 0.261 e. The van der Waals surface area contributed by atoms with Crippen LogP contribution in [0.4, 0.5) is 5.69 Å². The van der Waals surface area contributed by atoms with Crippen molar-refractivity contribution in [3.05, 3.63) is 59.2 Å². The van der Waals surface area contributed by atoms with E-state index >= 15 is 0 Å². The monoisotopic (exact) mass is 291 g/mol. The number of nitrogens with one attached hydrogen (secondary N) is 1. The van der Waals surface area contributed by atoms with Gasteiger partial charge in [0, 0.05) is 5.69 Å². The molecule has 0 fully saturated rings. The summed E-state index contributed by atoms with van der Waals surface area (Å²) >= 11 is 0. The van der Waals surface area contributed by atoms with Crippen LogP contribution in [0.5, 0.6) is 0 Å². The lowest BCUT2D eigenvalue weighted by molar-refractivity contribution is 0.281. The minimum atomic E-state index is -3.64. The number of hydrogen-bond donors (Lipinski definition) is 2. The Kier molecular flexibility index (Phi) is 4.11. The maximum atomic E-state index is 12.3. The minimum Gasteiger partial charge on any atom is -0.392 e. The van der Waals surface area contributed by atoms with Crippen LogP contribution in [0, 0.1) is 13.8 Å². The molecule has 2 N–H and O–H groups in total. The molecule has 0 radical (unpaired) electrons. The fourth-order valence-electron chi connectivity index (χ4n) is 2.06. The molecule has 2 aromatic carbocycles. The molecule has 4 nitrogen and oxygen atoms in total. The first kappa shape index (κ1) is 14.6. The summed E-state index contributed by atoms with van der Waals surface area (Å²) in [6, 6.07) is 11.8. The number of aryl methyl sites for hydroxylation is 2. The highest BCUT2D eigenvalue weighted by molar-refractivity contribution is 7.92. The van der Waals surface area contributed by atoms with Crippen LogP contribution in [0.15, 0.2) is 47.4 Å². The van der Waals surface area contributed by atoms with Gasteiger partial charge >= 0.3 is 0 Å². The lowest BCUT2D eigenvalue weighted by atomic mass is 10.1. The van der Waals surface area contributed by atoms with Crippen LogP contribution >= 0.6 is 0 Å². The summed E-state index contributed by atoms with van der Waals surface area (Å²) in [6.07, 6.45) is 0. The van der Waals surface area contributed by atoms with Crippen molar-refractivity contribution in [3.63, 3.8) is 0 Å². The average Bonchev–Trinajstić information content (AvgIpc) is 2.37. The molecule has 106 valence electrons. The topological polar surface area (TPSA) is 66.4 Å². The number of anilines is 1. The van der Waals surface area contributed by atoms with Gasteiger partial charge in [-0.25, -0.2) is 8.42 Å². The van der Waals surface area contributed by atoms with Gasteiger partial charge in [0.15, 0.2) is 0 Å². The standard InChI is InChI=1S/C15H17NO3S/c1-11-6-12(2)8-14(7-11)16-20(18,19)15-5-3-4-13(9-15)10-17/h3-9,16-17H,10H2,1-2H3. The fourth-order valence-corrected chi connectivity index (χ4v) is 3.17. The highest BCUT2D eigenvalue weighted by Gasteiger charge is 2.14. The number of aliphatic hydroxyl groups excluding tert-OH is 1. The number of rotatable bonds is 4. The van der Waals surface area contributed by atoms with Gasteiger partial charge in [0.05, 0.1) is 11.5 Å². The molecule has 5 heteroatoms. The predicted molar refractivity (Wildman–Crippen MR) is 79.1 cm³/mol. The van der Waals surface area contributed by atoms with Gasteiger partial charge in [0.2, 0.25) is 0 Å². The molecule has 0 aliphatic rings. The molecular weight excluding hydrogens is 274 g/mol. The van der Waals surface area contributed by atoms with E-state index in [1.807, 2.05) is 19.9 Å². The van der Waals surface area contributed by atoms with Crippen molar-refractivity contribution in [1.29, 1.82) is 0 Å². The molecule has 0 aromatic heterocycles. The van der Waals surface area contributed by atoms with Gasteiger partial charge in [-0.15, -0.1) is 0 Å².